The molecule has 41 heavy (non-hydrogen) atoms. The van der Waals surface area contributed by atoms with Crippen LogP contribution in [0, 0.1) is 12.8 Å². The van der Waals surface area contributed by atoms with Crippen molar-refractivity contribution in [2.24, 2.45) is 5.92 Å². The molecule has 0 aromatic heterocycles. The maximum atomic E-state index is 12.6. The number of amides is 1. The van der Waals surface area contributed by atoms with Gasteiger partial charge in [0.1, 0.15) is 11.4 Å². The minimum absolute atomic E-state index is 0.0208. The van der Waals surface area contributed by atoms with E-state index in [0.29, 0.717) is 24.5 Å². The number of nitrogens with zero attached hydrogens (tertiary/aromatic N) is 3. The summed E-state index contributed by atoms with van der Waals surface area (Å²) in [6, 6.07) is 7.51. The van der Waals surface area contributed by atoms with Crippen LogP contribution in [-0.4, -0.2) is 110 Å². The highest BCUT2D eigenvalue weighted by molar-refractivity contribution is 5.87. The third-order valence-electron chi connectivity index (χ3n) is 10.5. The van der Waals surface area contributed by atoms with Crippen molar-refractivity contribution in [1.82, 2.24) is 30.7 Å². The Morgan fingerprint density at radius 1 is 1.22 bits per heavy atom. The highest BCUT2D eigenvalue weighted by Gasteiger charge is 2.51. The van der Waals surface area contributed by atoms with Crippen molar-refractivity contribution in [1.29, 1.82) is 0 Å². The van der Waals surface area contributed by atoms with E-state index < -0.39 is 0 Å². The molecule has 7 atom stereocenters. The molecule has 0 radical (unpaired) electrons. The first kappa shape index (κ1) is 29.1. The number of ether oxygens (including phenoxy) is 2. The van der Waals surface area contributed by atoms with E-state index >= 15 is 0 Å². The molecule has 9 nitrogen and oxygen atoms in total. The van der Waals surface area contributed by atoms with E-state index in [-0.39, 0.29) is 30.1 Å². The Morgan fingerprint density at radius 2 is 2.10 bits per heavy atom. The number of piperazine rings is 1. The number of fused-ring (bicyclic) bond motifs is 2. The van der Waals surface area contributed by atoms with E-state index in [0.717, 1.165) is 70.6 Å². The van der Waals surface area contributed by atoms with Gasteiger partial charge in [0.25, 0.3) is 0 Å². The lowest BCUT2D eigenvalue weighted by Crippen LogP contribution is -2.73. The molecule has 4 heterocycles. The number of likely N-dealkylation sites (tertiary alicyclic amines) is 1. The van der Waals surface area contributed by atoms with Crippen LogP contribution in [0.15, 0.2) is 30.9 Å². The second-order valence-corrected chi connectivity index (χ2v) is 13.1. The second kappa shape index (κ2) is 12.3. The Kier molecular flexibility index (Phi) is 8.73. The van der Waals surface area contributed by atoms with Gasteiger partial charge in [0.15, 0.2) is 6.35 Å². The quantitative estimate of drug-likeness (QED) is 0.433. The van der Waals surface area contributed by atoms with Crippen LogP contribution in [0.1, 0.15) is 49.7 Å². The molecular weight excluding hydrogens is 516 g/mol. The van der Waals surface area contributed by atoms with Gasteiger partial charge in [0.05, 0.1) is 18.8 Å². The molecular formula is C32H50N6O3. The van der Waals surface area contributed by atoms with E-state index in [2.05, 4.69) is 64.5 Å². The highest BCUT2D eigenvalue weighted by Crippen LogP contribution is 2.45. The Bertz CT molecular complexity index is 1100. The summed E-state index contributed by atoms with van der Waals surface area (Å²) in [7, 11) is 4.17. The molecule has 4 aliphatic heterocycles. The zero-order valence-electron chi connectivity index (χ0n) is 25.2. The number of rotatable bonds is 7. The zero-order chi connectivity index (χ0) is 28.6. The van der Waals surface area contributed by atoms with Gasteiger partial charge < -0.3 is 24.6 Å². The molecule has 3 saturated heterocycles. The van der Waals surface area contributed by atoms with E-state index in [4.69, 9.17) is 9.47 Å². The molecule has 1 aromatic rings. The Labute approximate surface area is 246 Å². The predicted molar refractivity (Wildman–Crippen MR) is 161 cm³/mol. The number of hydrogen-bond acceptors (Lipinski definition) is 8. The number of hydrogen-bond donors (Lipinski definition) is 3. The van der Waals surface area contributed by atoms with E-state index in [1.807, 2.05) is 11.9 Å². The third kappa shape index (κ3) is 6.08. The van der Waals surface area contributed by atoms with Crippen LogP contribution >= 0.6 is 0 Å². The van der Waals surface area contributed by atoms with Crippen LogP contribution in [0.2, 0.25) is 0 Å². The topological polar surface area (TPSA) is 81.3 Å². The molecule has 9 heteroatoms. The van der Waals surface area contributed by atoms with Crippen molar-refractivity contribution in [2.75, 3.05) is 53.4 Å². The van der Waals surface area contributed by atoms with Crippen molar-refractivity contribution in [2.45, 2.75) is 88.1 Å². The standard InChI is InChI=1S/C32H50N6O3/c1-5-29(39)38-16-15-37(20-25(38)19-33-3)30-26-11-13-32(12-10-23-17-22(2)8-9-28(23)41-32)18-27(26)34-31(35-30)40-21-24-7-6-14-36(24)4/h5,8-9,17,24-27,30-31,33-35H,1,6-7,10-16,18-21H2,2-4H3/t24?,25?,26?,27?,30?,31?,32-/m1/s1. The van der Waals surface area contributed by atoms with E-state index in [9.17, 15) is 4.79 Å². The van der Waals surface area contributed by atoms with Crippen LogP contribution in [0.4, 0.5) is 0 Å². The monoisotopic (exact) mass is 566 g/mol. The normalized spacial score (nSPS) is 36.0. The van der Waals surface area contributed by atoms with Crippen LogP contribution in [0.5, 0.6) is 5.75 Å². The molecule has 1 aliphatic carbocycles. The fraction of sp³-hybridized carbons (Fsp3) is 0.719. The molecule has 1 spiro atoms. The molecule has 3 N–H and O–H groups in total. The molecule has 6 rings (SSSR count). The highest BCUT2D eigenvalue weighted by atomic mass is 16.5. The van der Waals surface area contributed by atoms with Crippen molar-refractivity contribution >= 4 is 5.91 Å². The van der Waals surface area contributed by atoms with Gasteiger partial charge in [0.2, 0.25) is 5.91 Å². The average Bonchev–Trinajstić information content (AvgIpc) is 3.39. The fourth-order valence-electron chi connectivity index (χ4n) is 8.16. The molecule has 1 saturated carbocycles. The van der Waals surface area contributed by atoms with Gasteiger partial charge in [-0.05, 0) is 83.8 Å². The molecule has 6 unspecified atom stereocenters. The largest absolute Gasteiger partial charge is 0.487 e. The van der Waals surface area contributed by atoms with Gasteiger partial charge in [-0.1, -0.05) is 24.3 Å². The Hall–Kier alpha value is -2.01. The smallest absolute Gasteiger partial charge is 0.246 e. The lowest BCUT2D eigenvalue weighted by Gasteiger charge is -2.56. The Morgan fingerprint density at radius 3 is 2.88 bits per heavy atom. The van der Waals surface area contributed by atoms with Crippen molar-refractivity contribution < 1.29 is 14.3 Å². The SMILES string of the molecule is C=CC(=O)N1CCN(C2NC(OCC3CCCN3C)NC3C[C@@]4(CCc5cc(C)ccc5O4)CCC32)CC1CNC. The first-order valence-electron chi connectivity index (χ1n) is 15.8. The number of carbonyl (C=O) groups is 1. The molecule has 226 valence electrons. The van der Waals surface area contributed by atoms with Gasteiger partial charge in [-0.2, -0.15) is 0 Å². The van der Waals surface area contributed by atoms with E-state index in [1.165, 1.54) is 30.0 Å². The van der Waals surface area contributed by atoms with Crippen LogP contribution < -0.4 is 20.7 Å². The van der Waals surface area contributed by atoms with Gasteiger partial charge in [-0.15, -0.1) is 0 Å². The molecule has 5 aliphatic rings. The first-order chi connectivity index (χ1) is 19.9. The van der Waals surface area contributed by atoms with Crippen LogP contribution in [-0.2, 0) is 16.0 Å². The number of carbonyl (C=O) groups excluding carboxylic acids is 1. The second-order valence-electron chi connectivity index (χ2n) is 13.1. The van der Waals surface area contributed by atoms with Crippen molar-refractivity contribution in [3.05, 3.63) is 42.0 Å². The van der Waals surface area contributed by atoms with Crippen LogP contribution in [0.25, 0.3) is 0 Å². The number of likely N-dealkylation sites (N-methyl/N-ethyl adjacent to an activating group) is 2. The maximum absolute atomic E-state index is 12.6. The molecule has 1 aromatic carbocycles. The van der Waals surface area contributed by atoms with Crippen molar-refractivity contribution in [3.8, 4) is 5.75 Å². The molecule has 1 amide bonds. The number of nitrogens with one attached hydrogen (secondary N) is 3. The summed E-state index contributed by atoms with van der Waals surface area (Å²) in [4.78, 5) is 19.6. The summed E-state index contributed by atoms with van der Waals surface area (Å²) in [6.07, 6.45) is 9.15. The Balaban J connectivity index is 1.20. The minimum Gasteiger partial charge on any atom is -0.487 e. The predicted octanol–water partition coefficient (Wildman–Crippen LogP) is 2.06. The van der Waals surface area contributed by atoms with Crippen molar-refractivity contribution in [3.63, 3.8) is 0 Å². The number of benzene rings is 1. The minimum atomic E-state index is -0.209. The summed E-state index contributed by atoms with van der Waals surface area (Å²) in [5, 5.41) is 11.1. The summed E-state index contributed by atoms with van der Waals surface area (Å²) < 4.78 is 13.4. The maximum Gasteiger partial charge on any atom is 0.246 e. The first-order valence-corrected chi connectivity index (χ1v) is 15.8. The summed E-state index contributed by atoms with van der Waals surface area (Å²) in [6.45, 7) is 10.9. The number of aryl methyl sites for hydroxylation is 2. The average molecular weight is 567 g/mol. The lowest BCUT2D eigenvalue weighted by molar-refractivity contribution is -0.139. The van der Waals surface area contributed by atoms with Gasteiger partial charge in [-0.25, -0.2) is 0 Å². The molecule has 0 bridgehead atoms. The molecule has 4 fully saturated rings. The summed E-state index contributed by atoms with van der Waals surface area (Å²) in [5.41, 5.74) is 2.52. The van der Waals surface area contributed by atoms with Crippen LogP contribution in [0.3, 0.4) is 0 Å². The third-order valence-corrected chi connectivity index (χ3v) is 10.5. The summed E-state index contributed by atoms with van der Waals surface area (Å²) >= 11 is 0. The fourth-order valence-corrected chi connectivity index (χ4v) is 8.16. The zero-order valence-corrected chi connectivity index (χ0v) is 25.2. The van der Waals surface area contributed by atoms with E-state index in [1.54, 1.807) is 0 Å². The van der Waals surface area contributed by atoms with Gasteiger partial charge >= 0.3 is 0 Å². The summed E-state index contributed by atoms with van der Waals surface area (Å²) in [5.74, 6) is 1.53. The lowest BCUT2D eigenvalue weighted by atomic mass is 9.70. The van der Waals surface area contributed by atoms with Gasteiger partial charge in [0, 0.05) is 50.6 Å². The van der Waals surface area contributed by atoms with Gasteiger partial charge in [-0.3, -0.25) is 20.3 Å².